The average molecular weight is 353 g/mol. The molecule has 2 N–H and O–H groups in total. The molecule has 0 spiro atoms. The van der Waals surface area contributed by atoms with Crippen molar-refractivity contribution < 1.29 is 22.3 Å². The fraction of sp³-hybridized carbons (Fsp3) is 0.133. The number of nitrogens with zero attached hydrogens (tertiary/aromatic N) is 4. The topological polar surface area (TPSA) is 78.8 Å². The lowest BCUT2D eigenvalue weighted by Crippen LogP contribution is -2.19. The molecule has 0 aliphatic rings. The van der Waals surface area contributed by atoms with Crippen molar-refractivity contribution in [2.45, 2.75) is 6.18 Å². The van der Waals surface area contributed by atoms with Crippen molar-refractivity contribution in [2.24, 2.45) is 0 Å². The molecule has 0 saturated heterocycles. The first-order valence-corrected chi connectivity index (χ1v) is 6.95. The molecule has 0 aliphatic heterocycles. The van der Waals surface area contributed by atoms with Gasteiger partial charge < -0.3 is 10.5 Å². The molecule has 2 heterocycles. The van der Waals surface area contributed by atoms with Crippen LogP contribution in [0.25, 0.3) is 17.1 Å². The molecule has 0 fully saturated rings. The molecule has 1 aromatic carbocycles. The van der Waals surface area contributed by atoms with E-state index in [-0.39, 0.29) is 17.4 Å². The summed E-state index contributed by atoms with van der Waals surface area (Å²) in [6, 6.07) is 6.94. The van der Waals surface area contributed by atoms with Crippen LogP contribution < -0.4 is 10.5 Å². The third kappa shape index (κ3) is 4.03. The first-order chi connectivity index (χ1) is 11.8. The van der Waals surface area contributed by atoms with Gasteiger partial charge in [0.15, 0.2) is 12.4 Å². The molecule has 130 valence electrons. The highest BCUT2D eigenvalue weighted by molar-refractivity contribution is 5.59. The summed E-state index contributed by atoms with van der Waals surface area (Å²) in [5.41, 5.74) is 6.32. The van der Waals surface area contributed by atoms with Gasteiger partial charge in [0, 0.05) is 11.6 Å². The quantitative estimate of drug-likeness (QED) is 0.576. The number of anilines is 1. The van der Waals surface area contributed by atoms with Crippen LogP contribution in [0, 0.1) is 5.82 Å². The van der Waals surface area contributed by atoms with E-state index in [0.29, 0.717) is 11.3 Å². The van der Waals surface area contributed by atoms with Crippen LogP contribution in [0.5, 0.6) is 5.88 Å². The van der Waals surface area contributed by atoms with Gasteiger partial charge in [0.25, 0.3) is 0 Å². The molecule has 0 aliphatic carbocycles. The van der Waals surface area contributed by atoms with E-state index < -0.39 is 18.6 Å². The summed E-state index contributed by atoms with van der Waals surface area (Å²) in [6.07, 6.45) is -1.78. The lowest BCUT2D eigenvalue weighted by molar-refractivity contribution is -0.154. The zero-order valence-electron chi connectivity index (χ0n) is 12.5. The van der Waals surface area contributed by atoms with Gasteiger partial charge in [-0.3, -0.25) is 0 Å². The van der Waals surface area contributed by atoms with Gasteiger partial charge in [-0.25, -0.2) is 19.0 Å². The second kappa shape index (κ2) is 6.38. The maximum atomic E-state index is 13.5. The van der Waals surface area contributed by atoms with Crippen LogP contribution in [0.2, 0.25) is 0 Å². The second-order valence-corrected chi connectivity index (χ2v) is 5.01. The number of pyridine rings is 1. The first kappa shape index (κ1) is 16.7. The lowest BCUT2D eigenvalue weighted by atomic mass is 10.2. The van der Waals surface area contributed by atoms with Crippen LogP contribution in [-0.2, 0) is 0 Å². The number of nitrogens with two attached hydrogens (primary N) is 1. The SMILES string of the molecule is Nc1ccc(-c2ncn(-c3ccc(OCC(F)(F)F)nc3)n2)cc1F. The van der Waals surface area contributed by atoms with Crippen molar-refractivity contribution in [3.63, 3.8) is 0 Å². The maximum Gasteiger partial charge on any atom is 0.422 e. The van der Waals surface area contributed by atoms with E-state index in [1.54, 1.807) is 6.07 Å². The number of nitrogen functional groups attached to an aromatic ring is 1. The summed E-state index contributed by atoms with van der Waals surface area (Å²) in [5, 5.41) is 4.17. The Morgan fingerprint density at radius 1 is 1.12 bits per heavy atom. The summed E-state index contributed by atoms with van der Waals surface area (Å²) < 4.78 is 55.7. The van der Waals surface area contributed by atoms with Crippen LogP contribution in [0.15, 0.2) is 42.9 Å². The number of benzene rings is 1. The number of hydrogen-bond donors (Lipinski definition) is 1. The first-order valence-electron chi connectivity index (χ1n) is 6.95. The predicted molar refractivity (Wildman–Crippen MR) is 80.5 cm³/mol. The number of hydrogen-bond acceptors (Lipinski definition) is 5. The second-order valence-electron chi connectivity index (χ2n) is 5.01. The molecule has 10 heteroatoms. The Hall–Kier alpha value is -3.17. The molecule has 0 radical (unpaired) electrons. The minimum Gasteiger partial charge on any atom is -0.468 e. The molecule has 0 unspecified atom stereocenters. The highest BCUT2D eigenvalue weighted by Crippen LogP contribution is 2.21. The van der Waals surface area contributed by atoms with E-state index >= 15 is 0 Å². The van der Waals surface area contributed by atoms with E-state index in [9.17, 15) is 17.6 Å². The van der Waals surface area contributed by atoms with Gasteiger partial charge in [0.05, 0.1) is 17.6 Å². The molecular weight excluding hydrogens is 342 g/mol. The van der Waals surface area contributed by atoms with E-state index in [2.05, 4.69) is 19.8 Å². The van der Waals surface area contributed by atoms with Crippen LogP contribution in [-0.4, -0.2) is 32.5 Å². The number of rotatable bonds is 4. The standard InChI is InChI=1S/C15H11F4N5O/c16-11-5-9(1-3-12(11)20)14-22-8-24(23-14)10-2-4-13(21-6-10)25-7-15(17,18)19/h1-6,8H,7,20H2. The Morgan fingerprint density at radius 2 is 1.92 bits per heavy atom. The van der Waals surface area contributed by atoms with Gasteiger partial charge in [-0.1, -0.05) is 0 Å². The summed E-state index contributed by atoms with van der Waals surface area (Å²) in [7, 11) is 0. The summed E-state index contributed by atoms with van der Waals surface area (Å²) in [5.74, 6) is -0.486. The fourth-order valence-electron chi connectivity index (χ4n) is 1.94. The van der Waals surface area contributed by atoms with Crippen LogP contribution in [0.4, 0.5) is 23.2 Å². The molecule has 2 aromatic heterocycles. The summed E-state index contributed by atoms with van der Waals surface area (Å²) in [4.78, 5) is 7.84. The Balaban J connectivity index is 1.77. The fourth-order valence-corrected chi connectivity index (χ4v) is 1.94. The van der Waals surface area contributed by atoms with Gasteiger partial charge in [0.1, 0.15) is 12.1 Å². The third-order valence-corrected chi connectivity index (χ3v) is 3.12. The summed E-state index contributed by atoms with van der Waals surface area (Å²) in [6.45, 7) is -1.42. The molecule has 0 saturated carbocycles. The molecule has 0 atom stereocenters. The molecule has 0 bridgehead atoms. The van der Waals surface area contributed by atoms with Gasteiger partial charge in [-0.05, 0) is 24.3 Å². The average Bonchev–Trinajstić information content (AvgIpc) is 3.05. The van der Waals surface area contributed by atoms with Gasteiger partial charge in [-0.15, -0.1) is 5.10 Å². The smallest absolute Gasteiger partial charge is 0.422 e. The molecular formula is C15H11F4N5O. The number of halogens is 4. The van der Waals surface area contributed by atoms with E-state index in [1.165, 1.54) is 41.5 Å². The van der Waals surface area contributed by atoms with E-state index in [0.717, 1.165) is 0 Å². The van der Waals surface area contributed by atoms with Crippen LogP contribution >= 0.6 is 0 Å². The molecule has 6 nitrogen and oxygen atoms in total. The van der Waals surface area contributed by atoms with Crippen molar-refractivity contribution in [2.75, 3.05) is 12.3 Å². The van der Waals surface area contributed by atoms with Gasteiger partial charge in [-0.2, -0.15) is 13.2 Å². The minimum absolute atomic E-state index is 0.0156. The molecule has 3 rings (SSSR count). The largest absolute Gasteiger partial charge is 0.468 e. The highest BCUT2D eigenvalue weighted by atomic mass is 19.4. The van der Waals surface area contributed by atoms with E-state index in [4.69, 9.17) is 5.73 Å². The Bertz CT molecular complexity index is 876. The Morgan fingerprint density at radius 3 is 2.56 bits per heavy atom. The van der Waals surface area contributed by atoms with Crippen molar-refractivity contribution in [3.8, 4) is 23.0 Å². The van der Waals surface area contributed by atoms with Gasteiger partial charge >= 0.3 is 6.18 Å². The minimum atomic E-state index is -4.44. The van der Waals surface area contributed by atoms with Crippen molar-refractivity contribution in [1.29, 1.82) is 0 Å². The number of aromatic nitrogens is 4. The maximum absolute atomic E-state index is 13.5. The van der Waals surface area contributed by atoms with E-state index in [1.807, 2.05) is 0 Å². The molecule has 25 heavy (non-hydrogen) atoms. The summed E-state index contributed by atoms with van der Waals surface area (Å²) >= 11 is 0. The molecule has 3 aromatic rings. The number of ether oxygens (including phenoxy) is 1. The normalized spacial score (nSPS) is 11.5. The highest BCUT2D eigenvalue weighted by Gasteiger charge is 2.28. The Kier molecular flexibility index (Phi) is 4.26. The zero-order chi connectivity index (χ0) is 18.0. The van der Waals surface area contributed by atoms with Crippen molar-refractivity contribution in [3.05, 3.63) is 48.7 Å². The molecule has 0 amide bonds. The van der Waals surface area contributed by atoms with Crippen LogP contribution in [0.3, 0.4) is 0 Å². The Labute approximate surface area is 138 Å². The van der Waals surface area contributed by atoms with Crippen molar-refractivity contribution >= 4 is 5.69 Å². The monoisotopic (exact) mass is 353 g/mol. The van der Waals surface area contributed by atoms with Crippen molar-refractivity contribution in [1.82, 2.24) is 19.7 Å². The van der Waals surface area contributed by atoms with Gasteiger partial charge in [0.2, 0.25) is 5.88 Å². The predicted octanol–water partition coefficient (Wildman–Crippen LogP) is 2.99. The number of alkyl halides is 3. The van der Waals surface area contributed by atoms with Crippen LogP contribution in [0.1, 0.15) is 0 Å². The zero-order valence-corrected chi connectivity index (χ0v) is 12.5. The third-order valence-electron chi connectivity index (χ3n) is 3.12. The lowest BCUT2D eigenvalue weighted by Gasteiger charge is -2.08.